The highest BCUT2D eigenvalue weighted by Gasteiger charge is 2.35. The van der Waals surface area contributed by atoms with Gasteiger partial charge in [0.2, 0.25) is 5.88 Å². The average molecular weight is 536 g/mol. The predicted molar refractivity (Wildman–Crippen MR) is 146 cm³/mol. The van der Waals surface area contributed by atoms with Crippen LogP contribution in [0.15, 0.2) is 59.6 Å². The molecule has 0 spiro atoms. The number of carbonyl (C=O) groups excluding carboxylic acids is 1. The quantitative estimate of drug-likeness (QED) is 0.356. The second kappa shape index (κ2) is 11.5. The maximum atomic E-state index is 12.4. The molecule has 9 heteroatoms. The fraction of sp³-hybridized carbons (Fsp3) is 0.345. The number of aryl methyl sites for hydroxylation is 2. The van der Waals surface area contributed by atoms with E-state index in [-0.39, 0.29) is 41.7 Å². The molecule has 2 atom stereocenters. The van der Waals surface area contributed by atoms with Gasteiger partial charge in [-0.15, -0.1) is 10.8 Å². The maximum absolute atomic E-state index is 12.4. The Morgan fingerprint density at radius 1 is 1.24 bits per heavy atom. The molecule has 8 nitrogen and oxygen atoms in total. The summed E-state index contributed by atoms with van der Waals surface area (Å²) in [6.07, 6.45) is 2.14. The standard InChI is InChI=1S/C29H33N3O5S/c1-5-24-18-32(38(34,35)27-7-6-12-31-29(27)37-24)17-23-14-22(10-8-19(23)2)26(15-28(33)36-4)25-11-9-21(16-30)13-20(25)3/h6-14,24,26,34-35H,5,15,17-18H2,1-4H3. The SMILES string of the molecule is CCC1CN(Cc2cc(C(CC(=O)OC)c3ccc(C#N)cc3C)ccc2C)S(O)(O)c2cccnc2O1. The average Bonchev–Trinajstić information content (AvgIpc) is 3.02. The number of pyridine rings is 1. The van der Waals surface area contributed by atoms with Crippen molar-refractivity contribution in [3.63, 3.8) is 0 Å². The topological polar surface area (TPSA) is 116 Å². The minimum Gasteiger partial charge on any atom is -0.472 e. The molecule has 2 aromatic carbocycles. The van der Waals surface area contributed by atoms with Crippen LogP contribution in [0.1, 0.15) is 59.1 Å². The number of aromatic nitrogens is 1. The number of fused-ring (bicyclic) bond motifs is 1. The van der Waals surface area contributed by atoms with Crippen LogP contribution < -0.4 is 4.74 Å². The third kappa shape index (κ3) is 5.69. The van der Waals surface area contributed by atoms with Gasteiger partial charge in [-0.05, 0) is 72.4 Å². The first kappa shape index (κ1) is 27.6. The van der Waals surface area contributed by atoms with Crippen molar-refractivity contribution in [1.29, 1.82) is 5.26 Å². The highest BCUT2D eigenvalue weighted by Crippen LogP contribution is 2.57. The molecule has 0 radical (unpaired) electrons. The number of hydrogen-bond donors (Lipinski definition) is 2. The van der Waals surface area contributed by atoms with Crippen LogP contribution >= 0.6 is 10.8 Å². The van der Waals surface area contributed by atoms with Gasteiger partial charge in [-0.25, -0.2) is 4.98 Å². The second-order valence-corrected chi connectivity index (χ2v) is 11.5. The molecule has 0 saturated carbocycles. The molecule has 1 aliphatic rings. The van der Waals surface area contributed by atoms with E-state index in [4.69, 9.17) is 9.47 Å². The first-order valence-electron chi connectivity index (χ1n) is 12.5. The Morgan fingerprint density at radius 3 is 2.71 bits per heavy atom. The van der Waals surface area contributed by atoms with Crippen molar-refractivity contribution in [1.82, 2.24) is 9.29 Å². The summed E-state index contributed by atoms with van der Waals surface area (Å²) in [6.45, 7) is 6.49. The summed E-state index contributed by atoms with van der Waals surface area (Å²) in [5.41, 5.74) is 5.20. The predicted octanol–water partition coefficient (Wildman–Crippen LogP) is 5.96. The number of esters is 1. The fourth-order valence-corrected chi connectivity index (χ4v) is 6.33. The van der Waals surface area contributed by atoms with Gasteiger partial charge < -0.3 is 9.47 Å². The molecule has 0 fully saturated rings. The molecule has 0 amide bonds. The number of nitrogens with zero attached hydrogens (tertiary/aromatic N) is 3. The molecule has 0 saturated heterocycles. The Kier molecular flexibility index (Phi) is 8.38. The number of nitriles is 1. The lowest BCUT2D eigenvalue weighted by Crippen LogP contribution is -2.34. The largest absolute Gasteiger partial charge is 0.472 e. The zero-order chi connectivity index (χ0) is 27.4. The summed E-state index contributed by atoms with van der Waals surface area (Å²) in [5.74, 6) is -0.382. The molecular weight excluding hydrogens is 502 g/mol. The molecular formula is C29H33N3O5S. The van der Waals surface area contributed by atoms with Crippen LogP contribution in [0.25, 0.3) is 0 Å². The molecule has 4 rings (SSSR count). The van der Waals surface area contributed by atoms with Crippen molar-refractivity contribution in [2.45, 2.75) is 57.1 Å². The highest BCUT2D eigenvalue weighted by atomic mass is 32.3. The monoisotopic (exact) mass is 535 g/mol. The van der Waals surface area contributed by atoms with Crippen molar-refractivity contribution in [3.05, 3.63) is 88.1 Å². The first-order chi connectivity index (χ1) is 18.2. The van der Waals surface area contributed by atoms with Crippen molar-refractivity contribution in [2.24, 2.45) is 0 Å². The minimum atomic E-state index is -3.36. The number of methoxy groups -OCH3 is 1. The summed E-state index contributed by atoms with van der Waals surface area (Å²) >= 11 is 0. The van der Waals surface area contributed by atoms with Crippen LogP contribution in [0.2, 0.25) is 0 Å². The lowest BCUT2D eigenvalue weighted by Gasteiger charge is -2.41. The Balaban J connectivity index is 1.74. The van der Waals surface area contributed by atoms with E-state index in [1.165, 1.54) is 7.11 Å². The summed E-state index contributed by atoms with van der Waals surface area (Å²) in [4.78, 5) is 16.9. The van der Waals surface area contributed by atoms with Crippen LogP contribution in [-0.2, 0) is 16.1 Å². The zero-order valence-corrected chi connectivity index (χ0v) is 22.9. The van der Waals surface area contributed by atoms with E-state index < -0.39 is 10.8 Å². The van der Waals surface area contributed by atoms with Crippen LogP contribution in [0.4, 0.5) is 0 Å². The van der Waals surface area contributed by atoms with Gasteiger partial charge in [0.05, 0.1) is 31.7 Å². The molecule has 2 heterocycles. The third-order valence-corrected chi connectivity index (χ3v) is 8.93. The second-order valence-electron chi connectivity index (χ2n) is 9.50. The van der Waals surface area contributed by atoms with Crippen molar-refractivity contribution in [2.75, 3.05) is 13.7 Å². The van der Waals surface area contributed by atoms with Crippen LogP contribution in [-0.4, -0.2) is 44.1 Å². The van der Waals surface area contributed by atoms with Crippen LogP contribution in [0.5, 0.6) is 5.88 Å². The van der Waals surface area contributed by atoms with Crippen LogP contribution in [0.3, 0.4) is 0 Å². The van der Waals surface area contributed by atoms with E-state index in [0.717, 1.165) is 27.8 Å². The molecule has 0 bridgehead atoms. The van der Waals surface area contributed by atoms with Gasteiger partial charge in [0, 0.05) is 18.7 Å². The molecule has 2 unspecified atom stereocenters. The van der Waals surface area contributed by atoms with E-state index in [9.17, 15) is 19.2 Å². The highest BCUT2D eigenvalue weighted by molar-refractivity contribution is 8.22. The number of carbonyl (C=O) groups is 1. The molecule has 0 aliphatic carbocycles. The molecule has 1 aromatic heterocycles. The van der Waals surface area contributed by atoms with Gasteiger partial charge in [0.1, 0.15) is 11.0 Å². The maximum Gasteiger partial charge on any atom is 0.306 e. The lowest BCUT2D eigenvalue weighted by atomic mass is 9.84. The van der Waals surface area contributed by atoms with E-state index >= 15 is 0 Å². The Morgan fingerprint density at radius 2 is 2.03 bits per heavy atom. The summed E-state index contributed by atoms with van der Waals surface area (Å²) in [7, 11) is -1.99. The lowest BCUT2D eigenvalue weighted by molar-refractivity contribution is -0.140. The number of hydrogen-bond acceptors (Lipinski definition) is 8. The Hall–Kier alpha value is -3.42. The van der Waals surface area contributed by atoms with Gasteiger partial charge in [0.15, 0.2) is 0 Å². The van der Waals surface area contributed by atoms with E-state index in [1.807, 2.05) is 51.1 Å². The Labute approximate surface area is 225 Å². The summed E-state index contributed by atoms with van der Waals surface area (Å²) < 4.78 is 35.5. The molecule has 3 aromatic rings. The van der Waals surface area contributed by atoms with Gasteiger partial charge in [0.25, 0.3) is 0 Å². The number of ether oxygens (including phenoxy) is 2. The van der Waals surface area contributed by atoms with Crippen LogP contribution in [0, 0.1) is 25.2 Å². The minimum absolute atomic E-state index is 0.134. The zero-order valence-electron chi connectivity index (χ0n) is 22.0. The fourth-order valence-electron chi connectivity index (χ4n) is 4.77. The smallest absolute Gasteiger partial charge is 0.306 e. The number of benzene rings is 2. The number of rotatable bonds is 7. The van der Waals surface area contributed by atoms with Gasteiger partial charge in [-0.2, -0.15) is 9.57 Å². The third-order valence-electron chi connectivity index (χ3n) is 7.03. The van der Waals surface area contributed by atoms with E-state index in [2.05, 4.69) is 11.1 Å². The van der Waals surface area contributed by atoms with Gasteiger partial charge in [-0.1, -0.05) is 31.2 Å². The van der Waals surface area contributed by atoms with Crippen molar-refractivity contribution < 1.29 is 23.4 Å². The normalized spacial score (nSPS) is 18.3. The molecule has 1 aliphatic heterocycles. The summed E-state index contributed by atoms with van der Waals surface area (Å²) in [6, 6.07) is 16.9. The molecule has 38 heavy (non-hydrogen) atoms. The van der Waals surface area contributed by atoms with Gasteiger partial charge in [-0.3, -0.25) is 13.9 Å². The Bertz CT molecular complexity index is 1370. The molecule has 200 valence electrons. The first-order valence-corrected chi connectivity index (χ1v) is 14.0. The van der Waals surface area contributed by atoms with E-state index in [0.29, 0.717) is 18.5 Å². The van der Waals surface area contributed by atoms with E-state index in [1.54, 1.807) is 28.7 Å². The van der Waals surface area contributed by atoms with Crippen molar-refractivity contribution >= 4 is 16.7 Å². The summed E-state index contributed by atoms with van der Waals surface area (Å²) in [5, 5.41) is 9.29. The van der Waals surface area contributed by atoms with Crippen molar-refractivity contribution in [3.8, 4) is 11.9 Å². The van der Waals surface area contributed by atoms with Gasteiger partial charge >= 0.3 is 5.97 Å². The molecule has 2 N–H and O–H groups in total.